The molecule has 7 aliphatic rings. The third kappa shape index (κ3) is 2.68. The number of nitrogens with zero attached hydrogens (tertiary/aromatic N) is 1. The zero-order valence-electron chi connectivity index (χ0n) is 17.4. The van der Waals surface area contributed by atoms with Crippen molar-refractivity contribution in [1.29, 1.82) is 0 Å². The molecule has 7 nitrogen and oxygen atoms in total. The van der Waals surface area contributed by atoms with Gasteiger partial charge in [-0.1, -0.05) is 12.1 Å². The monoisotopic (exact) mass is 445 g/mol. The van der Waals surface area contributed by atoms with Gasteiger partial charge in [0.15, 0.2) is 0 Å². The van der Waals surface area contributed by atoms with E-state index in [-0.39, 0.29) is 10.8 Å². The van der Waals surface area contributed by atoms with Gasteiger partial charge in [-0.05, 0) is 68.4 Å². The van der Waals surface area contributed by atoms with Gasteiger partial charge in [0.05, 0.1) is 12.2 Å². The minimum atomic E-state index is -3.64. The van der Waals surface area contributed by atoms with Gasteiger partial charge in [-0.25, -0.2) is 0 Å². The Morgan fingerprint density at radius 2 is 1.90 bits per heavy atom. The van der Waals surface area contributed by atoms with E-state index in [0.717, 1.165) is 37.5 Å². The fraction of sp³-hybridized carbons (Fsp3) is 0.696. The molecule has 1 aromatic rings. The molecule has 5 aliphatic carbocycles. The first-order valence-corrected chi connectivity index (χ1v) is 13.0. The second-order valence-corrected chi connectivity index (χ2v) is 12.0. The summed E-state index contributed by atoms with van der Waals surface area (Å²) in [4.78, 5) is 12.2. The lowest BCUT2D eigenvalue weighted by molar-refractivity contribution is -0.370. The number of benzene rings is 1. The molecule has 8 rings (SSSR count). The topological polar surface area (TPSA) is 83.4 Å². The summed E-state index contributed by atoms with van der Waals surface area (Å²) in [6.45, 7) is 0.444. The van der Waals surface area contributed by atoms with Gasteiger partial charge < -0.3 is 9.47 Å². The maximum absolute atomic E-state index is 12.2. The third-order valence-corrected chi connectivity index (χ3v) is 9.99. The molecule has 2 heterocycles. The molecule has 0 N–H and O–H groups in total. The SMILES string of the molecule is O=S1(=O)N=C(OCC2CCC3(CC2)OOC2(O3)C3CC4CC(C3)C2C4)c2ccccc21. The Labute approximate surface area is 182 Å². The van der Waals surface area contributed by atoms with Crippen LogP contribution in [0.5, 0.6) is 0 Å². The van der Waals surface area contributed by atoms with E-state index < -0.39 is 21.6 Å². The molecule has 1 aromatic carbocycles. The Morgan fingerprint density at radius 3 is 2.74 bits per heavy atom. The Kier molecular flexibility index (Phi) is 3.87. The number of fused-ring (bicyclic) bond motifs is 1. The van der Waals surface area contributed by atoms with Crippen LogP contribution in [0.25, 0.3) is 0 Å². The van der Waals surface area contributed by atoms with E-state index in [1.54, 1.807) is 24.3 Å². The zero-order valence-corrected chi connectivity index (χ0v) is 18.2. The van der Waals surface area contributed by atoms with Crippen molar-refractivity contribution in [2.75, 3.05) is 6.61 Å². The maximum atomic E-state index is 12.2. The fourth-order valence-corrected chi connectivity index (χ4v) is 8.43. The number of hydrogen-bond acceptors (Lipinski definition) is 6. The van der Waals surface area contributed by atoms with Gasteiger partial charge in [0, 0.05) is 24.7 Å². The van der Waals surface area contributed by atoms with Crippen LogP contribution in [-0.2, 0) is 29.3 Å². The lowest BCUT2D eigenvalue weighted by Crippen LogP contribution is -2.47. The van der Waals surface area contributed by atoms with Crippen molar-refractivity contribution in [2.45, 2.75) is 67.8 Å². The fourth-order valence-electron chi connectivity index (χ4n) is 7.28. The molecule has 0 amide bonds. The van der Waals surface area contributed by atoms with Crippen LogP contribution in [0.1, 0.15) is 56.9 Å². The Morgan fingerprint density at radius 1 is 1.06 bits per heavy atom. The summed E-state index contributed by atoms with van der Waals surface area (Å²) in [7, 11) is -3.64. The second-order valence-electron chi connectivity index (χ2n) is 10.4. The van der Waals surface area contributed by atoms with Crippen LogP contribution in [-0.4, -0.2) is 32.5 Å². The smallest absolute Gasteiger partial charge is 0.286 e. The molecule has 0 aromatic heterocycles. The van der Waals surface area contributed by atoms with Gasteiger partial charge >= 0.3 is 0 Å². The molecule has 0 radical (unpaired) electrons. The quantitative estimate of drug-likeness (QED) is 0.645. The summed E-state index contributed by atoms with van der Waals surface area (Å²) in [5.74, 6) is 1.99. The van der Waals surface area contributed by atoms with Crippen LogP contribution in [0.4, 0.5) is 0 Å². The van der Waals surface area contributed by atoms with Crippen LogP contribution in [0, 0.1) is 29.6 Å². The average molecular weight is 446 g/mol. The molecule has 166 valence electrons. The van der Waals surface area contributed by atoms with E-state index >= 15 is 0 Å². The van der Waals surface area contributed by atoms with Crippen LogP contribution in [0.15, 0.2) is 33.6 Å². The minimum Gasteiger partial charge on any atom is -0.476 e. The standard InChI is InChI=1S/C23H27NO6S/c25-31(26)20-4-2-1-3-18(20)21(24-31)27-13-14-5-7-22(8-6-14)28-23(30-29-22)17-10-15-9-16(12-17)19(23)11-15/h1-4,14-17,19H,5-13H2. The van der Waals surface area contributed by atoms with Crippen molar-refractivity contribution in [3.63, 3.8) is 0 Å². The van der Waals surface area contributed by atoms with E-state index in [1.807, 2.05) is 0 Å². The maximum Gasteiger partial charge on any atom is 0.286 e. The first kappa shape index (κ1) is 19.0. The minimum absolute atomic E-state index is 0.212. The van der Waals surface area contributed by atoms with Gasteiger partial charge in [0.1, 0.15) is 4.90 Å². The molecule has 4 bridgehead atoms. The molecule has 2 aliphatic heterocycles. The number of hydrogen-bond donors (Lipinski definition) is 0. The molecule has 2 spiro atoms. The average Bonchev–Trinajstić information content (AvgIpc) is 3.42. The summed E-state index contributed by atoms with van der Waals surface area (Å²) in [5.41, 5.74) is 0.554. The van der Waals surface area contributed by atoms with Crippen molar-refractivity contribution in [2.24, 2.45) is 34.0 Å². The van der Waals surface area contributed by atoms with Gasteiger partial charge in [0.25, 0.3) is 10.0 Å². The molecule has 5 saturated carbocycles. The van der Waals surface area contributed by atoms with Crippen LogP contribution in [0.2, 0.25) is 0 Å². The van der Waals surface area contributed by atoms with E-state index in [4.69, 9.17) is 19.2 Å². The van der Waals surface area contributed by atoms with Crippen LogP contribution >= 0.6 is 0 Å². The molecule has 8 heteroatoms. The van der Waals surface area contributed by atoms with Crippen molar-refractivity contribution in [3.05, 3.63) is 29.8 Å². The van der Waals surface area contributed by atoms with E-state index in [1.165, 1.54) is 25.7 Å². The van der Waals surface area contributed by atoms with Crippen LogP contribution in [0.3, 0.4) is 0 Å². The first-order valence-electron chi connectivity index (χ1n) is 11.6. The highest BCUT2D eigenvalue weighted by Gasteiger charge is 2.70. The summed E-state index contributed by atoms with van der Waals surface area (Å²) >= 11 is 0. The Hall–Kier alpha value is -1.48. The van der Waals surface area contributed by atoms with Gasteiger partial charge in [-0.3, -0.25) is 0 Å². The normalized spacial score (nSPS) is 46.1. The van der Waals surface area contributed by atoms with E-state index in [0.29, 0.717) is 29.9 Å². The van der Waals surface area contributed by atoms with Crippen molar-refractivity contribution in [1.82, 2.24) is 0 Å². The number of ether oxygens (including phenoxy) is 2. The number of sulfonamides is 1. The molecule has 5 atom stereocenters. The van der Waals surface area contributed by atoms with Crippen molar-refractivity contribution < 1.29 is 27.7 Å². The summed E-state index contributed by atoms with van der Waals surface area (Å²) in [5, 5.41) is 0. The van der Waals surface area contributed by atoms with Crippen molar-refractivity contribution >= 4 is 15.9 Å². The third-order valence-electron chi connectivity index (χ3n) is 8.67. The lowest BCUT2D eigenvalue weighted by atomic mass is 9.78. The highest BCUT2D eigenvalue weighted by molar-refractivity contribution is 7.90. The molecule has 5 unspecified atom stereocenters. The second kappa shape index (κ2) is 6.31. The van der Waals surface area contributed by atoms with Crippen molar-refractivity contribution in [3.8, 4) is 0 Å². The van der Waals surface area contributed by atoms with Gasteiger partial charge in [0.2, 0.25) is 17.5 Å². The summed E-state index contributed by atoms with van der Waals surface area (Å²) < 4.78 is 40.8. The van der Waals surface area contributed by atoms with E-state index in [9.17, 15) is 8.42 Å². The molecule has 6 fully saturated rings. The number of rotatable bonds is 2. The molecule has 1 saturated heterocycles. The highest BCUT2D eigenvalue weighted by atomic mass is 32.2. The van der Waals surface area contributed by atoms with Crippen LogP contribution < -0.4 is 0 Å². The summed E-state index contributed by atoms with van der Waals surface area (Å²) in [6.07, 6.45) is 8.34. The summed E-state index contributed by atoms with van der Waals surface area (Å²) in [6, 6.07) is 6.82. The largest absolute Gasteiger partial charge is 0.476 e. The van der Waals surface area contributed by atoms with E-state index in [2.05, 4.69) is 4.40 Å². The molecular formula is C23H27NO6S. The highest BCUT2D eigenvalue weighted by Crippen LogP contribution is 2.67. The zero-order chi connectivity index (χ0) is 20.8. The Balaban J connectivity index is 1.00. The predicted octanol–water partition coefficient (Wildman–Crippen LogP) is 3.78. The van der Waals surface area contributed by atoms with Gasteiger partial charge in [-0.15, -0.1) is 4.40 Å². The predicted molar refractivity (Wildman–Crippen MR) is 109 cm³/mol. The Bertz CT molecular complexity index is 1060. The van der Waals surface area contributed by atoms with Gasteiger partial charge in [-0.2, -0.15) is 18.2 Å². The molecule has 31 heavy (non-hydrogen) atoms. The molecular weight excluding hydrogens is 418 g/mol. The first-order chi connectivity index (χ1) is 15.0. The lowest BCUT2D eigenvalue weighted by Gasteiger charge is -2.40.